The minimum absolute atomic E-state index is 0. The molecule has 1 aliphatic heterocycles. The molecule has 1 saturated heterocycles. The van der Waals surface area contributed by atoms with Crippen LogP contribution in [-0.4, -0.2) is 27.3 Å². The SMILES string of the molecule is C1CCOC1.C[N-]C.[Y]. The Bertz CT molecular complexity index is 32.4. The number of rotatable bonds is 0. The maximum atomic E-state index is 4.94. The molecule has 0 atom stereocenters. The van der Waals surface area contributed by atoms with E-state index in [0.29, 0.717) is 0 Å². The molecule has 53 valence electrons. The van der Waals surface area contributed by atoms with Gasteiger partial charge in [-0.1, -0.05) is 0 Å². The molecule has 0 aromatic carbocycles. The molecule has 0 aliphatic carbocycles. The molecule has 0 unspecified atom stereocenters. The Kier molecular flexibility index (Phi) is 16.6. The van der Waals surface area contributed by atoms with E-state index in [0.717, 1.165) is 13.2 Å². The first-order valence-electron chi connectivity index (χ1n) is 2.97. The smallest absolute Gasteiger partial charge is 0.0466 e. The molecule has 0 spiro atoms. The second-order valence-electron chi connectivity index (χ2n) is 1.77. The second kappa shape index (κ2) is 11.8. The van der Waals surface area contributed by atoms with E-state index in [9.17, 15) is 0 Å². The summed E-state index contributed by atoms with van der Waals surface area (Å²) in [5.41, 5.74) is 0. The van der Waals surface area contributed by atoms with Crippen LogP contribution in [0.15, 0.2) is 0 Å². The molecule has 0 N–H and O–H groups in total. The Morgan fingerprint density at radius 3 is 1.56 bits per heavy atom. The van der Waals surface area contributed by atoms with E-state index in [1.54, 1.807) is 14.1 Å². The first kappa shape index (κ1) is 12.7. The summed E-state index contributed by atoms with van der Waals surface area (Å²) in [6.07, 6.45) is 2.56. The summed E-state index contributed by atoms with van der Waals surface area (Å²) < 4.78 is 4.94. The van der Waals surface area contributed by atoms with Gasteiger partial charge in [-0.2, -0.15) is 14.1 Å². The molecule has 1 fully saturated rings. The molecule has 0 aromatic rings. The second-order valence-corrected chi connectivity index (χ2v) is 1.77. The predicted molar refractivity (Wildman–Crippen MR) is 35.3 cm³/mol. The van der Waals surface area contributed by atoms with Gasteiger partial charge in [-0.3, -0.25) is 0 Å². The van der Waals surface area contributed by atoms with Gasteiger partial charge in [0.15, 0.2) is 0 Å². The standard InChI is InChI=1S/C4H8O.C2H6N.Y/c1-2-4-5-3-1;1-3-2;/h1-4H2;1-2H3;/q;-1;. The van der Waals surface area contributed by atoms with Crippen LogP contribution in [0.4, 0.5) is 0 Å². The van der Waals surface area contributed by atoms with Crippen molar-refractivity contribution in [2.45, 2.75) is 12.8 Å². The first-order valence-corrected chi connectivity index (χ1v) is 2.97. The van der Waals surface area contributed by atoms with Crippen LogP contribution in [0.25, 0.3) is 5.32 Å². The van der Waals surface area contributed by atoms with E-state index >= 15 is 0 Å². The molecule has 1 radical (unpaired) electrons. The van der Waals surface area contributed by atoms with Crippen LogP contribution in [0.2, 0.25) is 0 Å². The molecule has 1 aliphatic rings. The first-order chi connectivity index (χ1) is 3.91. The molecule has 0 amide bonds. The largest absolute Gasteiger partial charge is 0.668 e. The van der Waals surface area contributed by atoms with Crippen molar-refractivity contribution in [3.8, 4) is 0 Å². The molecule has 0 bridgehead atoms. The number of hydrogen-bond acceptors (Lipinski definition) is 1. The van der Waals surface area contributed by atoms with E-state index in [1.807, 2.05) is 0 Å². The zero-order valence-electron chi connectivity index (χ0n) is 6.26. The van der Waals surface area contributed by atoms with Gasteiger partial charge >= 0.3 is 0 Å². The Balaban J connectivity index is 0. The van der Waals surface area contributed by atoms with Crippen molar-refractivity contribution in [3.63, 3.8) is 0 Å². The predicted octanol–water partition coefficient (Wildman–Crippen LogP) is 1.41. The van der Waals surface area contributed by atoms with Gasteiger partial charge in [0.25, 0.3) is 0 Å². The number of ether oxygens (including phenoxy) is 1. The minimum atomic E-state index is 0. The van der Waals surface area contributed by atoms with Crippen LogP contribution >= 0.6 is 0 Å². The van der Waals surface area contributed by atoms with Crippen LogP contribution < -0.4 is 0 Å². The van der Waals surface area contributed by atoms with Gasteiger partial charge in [0.2, 0.25) is 0 Å². The van der Waals surface area contributed by atoms with Gasteiger partial charge in [0, 0.05) is 45.9 Å². The molecule has 9 heavy (non-hydrogen) atoms. The fraction of sp³-hybridized carbons (Fsp3) is 1.00. The molecule has 3 heteroatoms. The van der Waals surface area contributed by atoms with Gasteiger partial charge in [-0.25, -0.2) is 0 Å². The molecule has 2 nitrogen and oxygen atoms in total. The maximum absolute atomic E-state index is 4.94. The van der Waals surface area contributed by atoms with Gasteiger partial charge in [-0.15, -0.1) is 0 Å². The van der Waals surface area contributed by atoms with Crippen molar-refractivity contribution in [1.82, 2.24) is 0 Å². The Morgan fingerprint density at radius 1 is 1.11 bits per heavy atom. The van der Waals surface area contributed by atoms with Crippen molar-refractivity contribution in [1.29, 1.82) is 0 Å². The fourth-order valence-corrected chi connectivity index (χ4v) is 0.510. The normalized spacial score (nSPS) is 15.3. The Hall–Kier alpha value is 1.02. The molecular weight excluding hydrogens is 191 g/mol. The van der Waals surface area contributed by atoms with Crippen molar-refractivity contribution in [3.05, 3.63) is 5.32 Å². The zero-order valence-corrected chi connectivity index (χ0v) is 9.10. The van der Waals surface area contributed by atoms with Crippen molar-refractivity contribution < 1.29 is 37.4 Å². The molecular formula is C6H14NOY-. The maximum Gasteiger partial charge on any atom is 0.0466 e. The fourth-order valence-electron chi connectivity index (χ4n) is 0.510. The summed E-state index contributed by atoms with van der Waals surface area (Å²) in [7, 11) is 3.50. The molecule has 1 rings (SSSR count). The van der Waals surface area contributed by atoms with E-state index in [2.05, 4.69) is 5.32 Å². The van der Waals surface area contributed by atoms with Crippen LogP contribution in [0.1, 0.15) is 12.8 Å². The van der Waals surface area contributed by atoms with E-state index in [1.165, 1.54) is 12.8 Å². The Morgan fingerprint density at radius 2 is 1.44 bits per heavy atom. The van der Waals surface area contributed by atoms with E-state index < -0.39 is 0 Å². The third-order valence-electron chi connectivity index (χ3n) is 0.827. The topological polar surface area (TPSA) is 23.3 Å². The quantitative estimate of drug-likeness (QED) is 0.586. The minimum Gasteiger partial charge on any atom is -0.668 e. The number of hydrogen-bond donors (Lipinski definition) is 0. The summed E-state index contributed by atoms with van der Waals surface area (Å²) in [6, 6.07) is 0. The van der Waals surface area contributed by atoms with Crippen LogP contribution in [0, 0.1) is 0 Å². The van der Waals surface area contributed by atoms with Crippen molar-refractivity contribution in [2.75, 3.05) is 27.3 Å². The van der Waals surface area contributed by atoms with Gasteiger partial charge < -0.3 is 10.1 Å². The summed E-state index contributed by atoms with van der Waals surface area (Å²) in [4.78, 5) is 0. The average molecular weight is 205 g/mol. The Labute approximate surface area is 82.6 Å². The van der Waals surface area contributed by atoms with Crippen LogP contribution in [-0.2, 0) is 37.4 Å². The van der Waals surface area contributed by atoms with Crippen LogP contribution in [0.5, 0.6) is 0 Å². The van der Waals surface area contributed by atoms with Gasteiger partial charge in [-0.05, 0) is 12.8 Å². The molecule has 0 saturated carbocycles. The van der Waals surface area contributed by atoms with Crippen LogP contribution in [0.3, 0.4) is 0 Å². The summed E-state index contributed by atoms with van der Waals surface area (Å²) in [5.74, 6) is 0. The summed E-state index contributed by atoms with van der Waals surface area (Å²) in [5, 5.41) is 3.50. The van der Waals surface area contributed by atoms with E-state index in [-0.39, 0.29) is 32.7 Å². The monoisotopic (exact) mass is 205 g/mol. The summed E-state index contributed by atoms with van der Waals surface area (Å²) in [6.45, 7) is 2.00. The van der Waals surface area contributed by atoms with Crippen molar-refractivity contribution in [2.24, 2.45) is 0 Å². The molecule has 0 aromatic heterocycles. The van der Waals surface area contributed by atoms with Gasteiger partial charge in [0.1, 0.15) is 0 Å². The third kappa shape index (κ3) is 12.3. The van der Waals surface area contributed by atoms with Crippen molar-refractivity contribution >= 4 is 0 Å². The summed E-state index contributed by atoms with van der Waals surface area (Å²) >= 11 is 0. The zero-order chi connectivity index (χ0) is 6.24. The average Bonchev–Trinajstić information content (AvgIpc) is 2.17. The molecule has 1 heterocycles. The van der Waals surface area contributed by atoms with Gasteiger partial charge in [0.05, 0.1) is 0 Å². The number of nitrogens with zero attached hydrogens (tertiary/aromatic N) is 1. The third-order valence-corrected chi connectivity index (χ3v) is 0.827. The van der Waals surface area contributed by atoms with E-state index in [4.69, 9.17) is 4.74 Å².